The van der Waals surface area contributed by atoms with E-state index in [0.717, 1.165) is 24.7 Å². The maximum atomic E-state index is 16.1. The number of nitrogens with one attached hydrogen (secondary N) is 1. The molecule has 0 spiro atoms. The van der Waals surface area contributed by atoms with E-state index in [-0.39, 0.29) is 46.3 Å². The zero-order valence-electron chi connectivity index (χ0n) is 20.9. The number of aliphatic imine (C=N–C) groups is 1. The Hall–Kier alpha value is -4.47. The monoisotopic (exact) mass is 530 g/mol. The molecule has 4 aromatic rings. The Labute approximate surface area is 222 Å². The van der Waals surface area contributed by atoms with Gasteiger partial charge < -0.3 is 15.2 Å². The first kappa shape index (κ1) is 24.8. The third-order valence-electron chi connectivity index (χ3n) is 7.71. The van der Waals surface area contributed by atoms with Crippen LogP contribution in [-0.4, -0.2) is 38.6 Å². The van der Waals surface area contributed by atoms with E-state index in [1.54, 1.807) is 39.8 Å². The van der Waals surface area contributed by atoms with Gasteiger partial charge >= 0.3 is 0 Å². The van der Waals surface area contributed by atoms with E-state index >= 15 is 8.78 Å². The first-order chi connectivity index (χ1) is 18.9. The average Bonchev–Trinajstić information content (AvgIpc) is 3.48. The number of carbonyl (C=O) groups is 1. The van der Waals surface area contributed by atoms with Crippen LogP contribution >= 0.6 is 0 Å². The molecule has 2 atom stereocenters. The maximum absolute atomic E-state index is 16.1. The number of imidazole rings is 1. The van der Waals surface area contributed by atoms with Crippen molar-refractivity contribution in [2.24, 2.45) is 10.7 Å². The lowest BCUT2D eigenvalue weighted by Crippen LogP contribution is -2.39. The molecule has 7 nitrogen and oxygen atoms in total. The van der Waals surface area contributed by atoms with Gasteiger partial charge in [0.25, 0.3) is 5.91 Å². The summed E-state index contributed by atoms with van der Waals surface area (Å²) in [5.74, 6) is -1.69. The topological polar surface area (TPSA) is 100 Å². The molecule has 1 fully saturated rings. The van der Waals surface area contributed by atoms with Crippen LogP contribution in [-0.2, 0) is 6.54 Å². The molecule has 6 rings (SSSR count). The van der Waals surface area contributed by atoms with Crippen molar-refractivity contribution in [2.45, 2.75) is 44.3 Å². The smallest absolute Gasteiger partial charge is 0.254 e. The molecule has 0 saturated heterocycles. The van der Waals surface area contributed by atoms with E-state index in [1.165, 1.54) is 24.3 Å². The Kier molecular flexibility index (Phi) is 6.17. The van der Waals surface area contributed by atoms with Crippen molar-refractivity contribution in [1.29, 1.82) is 5.41 Å². The number of halogens is 3. The van der Waals surface area contributed by atoms with Crippen LogP contribution in [0.5, 0.6) is 0 Å². The van der Waals surface area contributed by atoms with Crippen LogP contribution in [0, 0.1) is 22.9 Å². The normalized spacial score (nSPS) is 19.5. The van der Waals surface area contributed by atoms with E-state index in [9.17, 15) is 9.18 Å². The lowest BCUT2D eigenvalue weighted by molar-refractivity contribution is 0.0630. The van der Waals surface area contributed by atoms with Crippen LogP contribution in [0.15, 0.2) is 59.6 Å². The molecule has 1 aliphatic heterocycles. The van der Waals surface area contributed by atoms with Gasteiger partial charge in [-0.05, 0) is 67.6 Å². The largest absolute Gasteiger partial charge is 0.383 e. The predicted molar refractivity (Wildman–Crippen MR) is 142 cm³/mol. The minimum Gasteiger partial charge on any atom is -0.383 e. The second kappa shape index (κ2) is 9.68. The van der Waals surface area contributed by atoms with Gasteiger partial charge in [-0.25, -0.2) is 23.1 Å². The first-order valence-electron chi connectivity index (χ1n) is 12.7. The molecule has 2 unspecified atom stereocenters. The molecule has 1 amide bonds. The minimum atomic E-state index is -0.659. The number of rotatable bonds is 5. The number of hydrogen-bond donors (Lipinski definition) is 2. The number of carbonyl (C=O) groups excluding carboxylic acids is 1. The van der Waals surface area contributed by atoms with E-state index in [4.69, 9.17) is 11.1 Å². The number of amides is 1. The lowest BCUT2D eigenvalue weighted by Gasteiger charge is -2.36. The van der Waals surface area contributed by atoms with Crippen LogP contribution in [0.1, 0.15) is 53.2 Å². The molecule has 0 radical (unpaired) electrons. The summed E-state index contributed by atoms with van der Waals surface area (Å²) < 4.78 is 46.7. The minimum absolute atomic E-state index is 0.0202. The van der Waals surface area contributed by atoms with Crippen LogP contribution < -0.4 is 5.73 Å². The number of benzene rings is 3. The molecule has 3 aromatic carbocycles. The zero-order valence-corrected chi connectivity index (χ0v) is 20.9. The first-order valence-corrected chi connectivity index (χ1v) is 12.7. The van der Waals surface area contributed by atoms with Crippen molar-refractivity contribution in [2.75, 3.05) is 0 Å². The number of nitrogens with two attached hydrogens (primary N) is 1. The fourth-order valence-corrected chi connectivity index (χ4v) is 5.92. The summed E-state index contributed by atoms with van der Waals surface area (Å²) in [7, 11) is 0. The molecule has 2 heterocycles. The quantitative estimate of drug-likeness (QED) is 0.261. The van der Waals surface area contributed by atoms with Gasteiger partial charge in [0.2, 0.25) is 0 Å². The SMILES string of the molecule is N=CN=C(N)c1ccc2nc(-c3ccccc3F)n(C3CCCC(N4Cc5ccc(F)cc5C4=O)C3)c2c1F. The van der Waals surface area contributed by atoms with E-state index in [1.807, 2.05) is 0 Å². The summed E-state index contributed by atoms with van der Waals surface area (Å²) >= 11 is 0. The highest BCUT2D eigenvalue weighted by Gasteiger charge is 2.37. The third kappa shape index (κ3) is 4.16. The van der Waals surface area contributed by atoms with Gasteiger partial charge in [-0.2, -0.15) is 0 Å². The number of hydrogen-bond acceptors (Lipinski definition) is 3. The molecule has 10 heteroatoms. The number of aromatic nitrogens is 2. The zero-order chi connectivity index (χ0) is 27.3. The summed E-state index contributed by atoms with van der Waals surface area (Å²) in [5, 5.41) is 7.21. The van der Waals surface area contributed by atoms with Crippen molar-refractivity contribution in [3.63, 3.8) is 0 Å². The average molecular weight is 531 g/mol. The molecule has 3 N–H and O–H groups in total. The summed E-state index contributed by atoms with van der Waals surface area (Å²) in [5.41, 5.74) is 7.84. The molecule has 1 aliphatic carbocycles. The Morgan fingerprint density at radius 2 is 1.85 bits per heavy atom. The van der Waals surface area contributed by atoms with E-state index in [0.29, 0.717) is 30.5 Å². The van der Waals surface area contributed by atoms with Crippen LogP contribution in [0.3, 0.4) is 0 Å². The number of nitrogens with zero attached hydrogens (tertiary/aromatic N) is 4. The summed E-state index contributed by atoms with van der Waals surface area (Å²) in [6.07, 6.45) is 3.39. The second-order valence-electron chi connectivity index (χ2n) is 9.93. The van der Waals surface area contributed by atoms with Crippen LogP contribution in [0.4, 0.5) is 13.2 Å². The van der Waals surface area contributed by atoms with Gasteiger partial charge in [-0.1, -0.05) is 18.2 Å². The summed E-state index contributed by atoms with van der Waals surface area (Å²) in [4.78, 5) is 23.3. The lowest BCUT2D eigenvalue weighted by atomic mass is 9.89. The molecular weight excluding hydrogens is 505 g/mol. The van der Waals surface area contributed by atoms with Gasteiger partial charge in [0.05, 0.1) is 16.6 Å². The summed E-state index contributed by atoms with van der Waals surface area (Å²) in [6, 6.07) is 13.1. The van der Waals surface area contributed by atoms with Crippen LogP contribution in [0.25, 0.3) is 22.4 Å². The Bertz CT molecular complexity index is 1660. The maximum Gasteiger partial charge on any atom is 0.254 e. The highest BCUT2D eigenvalue weighted by molar-refractivity contribution is 6.03. The highest BCUT2D eigenvalue weighted by atomic mass is 19.1. The molecule has 39 heavy (non-hydrogen) atoms. The molecule has 1 saturated carbocycles. The summed E-state index contributed by atoms with van der Waals surface area (Å²) in [6.45, 7) is 0.381. The van der Waals surface area contributed by atoms with E-state index in [2.05, 4.69) is 9.98 Å². The highest BCUT2D eigenvalue weighted by Crippen LogP contribution is 2.41. The van der Waals surface area contributed by atoms with Crippen molar-refractivity contribution in [3.8, 4) is 11.4 Å². The van der Waals surface area contributed by atoms with Crippen molar-refractivity contribution in [1.82, 2.24) is 14.5 Å². The van der Waals surface area contributed by atoms with Gasteiger partial charge in [-0.15, -0.1) is 0 Å². The Morgan fingerprint density at radius 1 is 1.05 bits per heavy atom. The van der Waals surface area contributed by atoms with Crippen molar-refractivity contribution >= 4 is 29.1 Å². The van der Waals surface area contributed by atoms with Crippen molar-refractivity contribution < 1.29 is 18.0 Å². The van der Waals surface area contributed by atoms with Gasteiger partial charge in [0, 0.05) is 24.2 Å². The van der Waals surface area contributed by atoms with Gasteiger partial charge in [0.1, 0.15) is 35.1 Å². The molecule has 2 aliphatic rings. The van der Waals surface area contributed by atoms with Gasteiger partial charge in [-0.3, -0.25) is 10.2 Å². The Morgan fingerprint density at radius 3 is 2.64 bits per heavy atom. The fourth-order valence-electron chi connectivity index (χ4n) is 5.92. The fraction of sp³-hybridized carbons (Fsp3) is 0.241. The number of fused-ring (bicyclic) bond motifs is 2. The molecule has 1 aromatic heterocycles. The van der Waals surface area contributed by atoms with Crippen LogP contribution in [0.2, 0.25) is 0 Å². The molecular formula is C29H25F3N6O. The standard InChI is InChI=1S/C29H25F3N6O/c30-17-9-8-16-14-37(29(39)22(16)12-17)18-4-3-5-19(13-18)38-26-24(11-10-21(25(26)32)27(34)35-15-33)36-28(38)20-6-1-2-7-23(20)31/h1-2,6-12,15,18-19H,3-5,13-14H2,(H3,33,34,35). The third-order valence-corrected chi connectivity index (χ3v) is 7.71. The second-order valence-corrected chi connectivity index (χ2v) is 9.93. The van der Waals surface area contributed by atoms with E-state index < -0.39 is 17.5 Å². The number of amidine groups is 1. The Balaban J connectivity index is 1.46. The van der Waals surface area contributed by atoms with Crippen molar-refractivity contribution in [3.05, 3.63) is 88.7 Å². The molecule has 198 valence electrons. The van der Waals surface area contributed by atoms with Gasteiger partial charge in [0.15, 0.2) is 5.82 Å². The molecule has 0 bridgehead atoms. The predicted octanol–water partition coefficient (Wildman–Crippen LogP) is 5.57.